The van der Waals surface area contributed by atoms with Crippen LogP contribution in [0.5, 0.6) is 0 Å². The quantitative estimate of drug-likeness (QED) is 0.558. The van der Waals surface area contributed by atoms with E-state index >= 15 is 0 Å². The standard InChI is InChI=1S/C21H25N3O5S/c1-3-30(28,29)23-14-12-21(13-15-23,17-8-5-4-6-9-17)20(25)22-18-10-7-11-19(16(18)2)24(26)27/h4-11H,3,12-15H2,1-2H3,(H,22,25). The number of nitrogens with one attached hydrogen (secondary N) is 1. The van der Waals surface area contributed by atoms with Gasteiger partial charge in [0.05, 0.1) is 27.3 Å². The molecule has 0 unspecified atom stereocenters. The molecule has 0 saturated carbocycles. The minimum Gasteiger partial charge on any atom is -0.325 e. The molecule has 3 rings (SSSR count). The van der Waals surface area contributed by atoms with Crippen molar-refractivity contribution < 1.29 is 18.1 Å². The van der Waals surface area contributed by atoms with Gasteiger partial charge in [-0.25, -0.2) is 12.7 Å². The average Bonchev–Trinajstić information content (AvgIpc) is 2.75. The van der Waals surface area contributed by atoms with E-state index in [1.165, 1.54) is 16.4 Å². The third-order valence-electron chi connectivity index (χ3n) is 5.85. The normalized spacial score (nSPS) is 16.7. The number of anilines is 1. The van der Waals surface area contributed by atoms with Gasteiger partial charge in [0.25, 0.3) is 5.69 Å². The molecule has 0 radical (unpaired) electrons. The number of carbonyl (C=O) groups excluding carboxylic acids is 1. The van der Waals surface area contributed by atoms with Gasteiger partial charge in [0.2, 0.25) is 15.9 Å². The Morgan fingerprint density at radius 2 is 1.77 bits per heavy atom. The van der Waals surface area contributed by atoms with E-state index in [1.54, 1.807) is 19.9 Å². The summed E-state index contributed by atoms with van der Waals surface area (Å²) in [4.78, 5) is 24.3. The number of hydrogen-bond acceptors (Lipinski definition) is 5. The number of amides is 1. The molecule has 0 spiro atoms. The van der Waals surface area contributed by atoms with Gasteiger partial charge in [-0.2, -0.15) is 0 Å². The molecule has 0 bridgehead atoms. The van der Waals surface area contributed by atoms with Crippen molar-refractivity contribution in [2.24, 2.45) is 0 Å². The molecule has 0 aromatic heterocycles. The van der Waals surface area contributed by atoms with Crippen molar-refractivity contribution in [1.82, 2.24) is 4.31 Å². The molecule has 1 heterocycles. The lowest BCUT2D eigenvalue weighted by Crippen LogP contribution is -2.51. The minimum absolute atomic E-state index is 0.0183. The summed E-state index contributed by atoms with van der Waals surface area (Å²) < 4.78 is 26.0. The maximum absolute atomic E-state index is 13.5. The first kappa shape index (κ1) is 21.9. The number of carbonyl (C=O) groups is 1. The SMILES string of the molecule is CCS(=O)(=O)N1CCC(C(=O)Nc2cccc([N+](=O)[O-])c2C)(c2ccccc2)CC1. The van der Waals surface area contributed by atoms with Crippen LogP contribution in [0.15, 0.2) is 48.5 Å². The smallest absolute Gasteiger partial charge is 0.274 e. The van der Waals surface area contributed by atoms with Gasteiger partial charge in [-0.05, 0) is 38.3 Å². The van der Waals surface area contributed by atoms with Gasteiger partial charge >= 0.3 is 0 Å². The summed E-state index contributed by atoms with van der Waals surface area (Å²) >= 11 is 0. The average molecular weight is 432 g/mol. The molecule has 1 aliphatic rings. The van der Waals surface area contributed by atoms with E-state index in [0.717, 1.165) is 5.56 Å². The first-order chi connectivity index (χ1) is 14.2. The van der Waals surface area contributed by atoms with Crippen molar-refractivity contribution in [3.63, 3.8) is 0 Å². The Kier molecular flexibility index (Phi) is 6.23. The van der Waals surface area contributed by atoms with Crippen molar-refractivity contribution in [3.8, 4) is 0 Å². The fourth-order valence-corrected chi connectivity index (χ4v) is 5.04. The van der Waals surface area contributed by atoms with E-state index in [9.17, 15) is 23.3 Å². The van der Waals surface area contributed by atoms with Crippen LogP contribution in [0.4, 0.5) is 11.4 Å². The van der Waals surface area contributed by atoms with Crippen LogP contribution in [0, 0.1) is 17.0 Å². The molecule has 160 valence electrons. The number of benzene rings is 2. The summed E-state index contributed by atoms with van der Waals surface area (Å²) in [6.07, 6.45) is 0.659. The van der Waals surface area contributed by atoms with Gasteiger partial charge < -0.3 is 5.32 Å². The zero-order valence-electron chi connectivity index (χ0n) is 17.0. The van der Waals surface area contributed by atoms with Crippen LogP contribution in [-0.4, -0.2) is 42.4 Å². The van der Waals surface area contributed by atoms with Crippen LogP contribution >= 0.6 is 0 Å². The zero-order chi connectivity index (χ0) is 21.9. The highest BCUT2D eigenvalue weighted by Gasteiger charge is 2.44. The Morgan fingerprint density at radius 1 is 1.13 bits per heavy atom. The Hall–Kier alpha value is -2.78. The fraction of sp³-hybridized carbons (Fsp3) is 0.381. The number of sulfonamides is 1. The lowest BCUT2D eigenvalue weighted by molar-refractivity contribution is -0.385. The second-order valence-corrected chi connectivity index (χ2v) is 9.67. The van der Waals surface area contributed by atoms with Crippen molar-refractivity contribution in [2.75, 3.05) is 24.2 Å². The maximum atomic E-state index is 13.5. The van der Waals surface area contributed by atoms with E-state index in [2.05, 4.69) is 5.32 Å². The van der Waals surface area contributed by atoms with Gasteiger partial charge in [-0.3, -0.25) is 14.9 Å². The maximum Gasteiger partial charge on any atom is 0.274 e. The summed E-state index contributed by atoms with van der Waals surface area (Å²) in [6, 6.07) is 13.8. The van der Waals surface area contributed by atoms with Crippen molar-refractivity contribution in [3.05, 3.63) is 69.8 Å². The Morgan fingerprint density at radius 3 is 2.33 bits per heavy atom. The Labute approximate surface area is 176 Å². The van der Waals surface area contributed by atoms with E-state index in [4.69, 9.17) is 0 Å². The molecule has 1 saturated heterocycles. The molecule has 1 N–H and O–H groups in total. The van der Waals surface area contributed by atoms with E-state index < -0.39 is 20.4 Å². The minimum atomic E-state index is -3.33. The number of piperidine rings is 1. The van der Waals surface area contributed by atoms with Gasteiger partial charge in [0.1, 0.15) is 0 Å². The highest BCUT2D eigenvalue weighted by molar-refractivity contribution is 7.89. The van der Waals surface area contributed by atoms with Gasteiger partial charge in [-0.1, -0.05) is 36.4 Å². The Bertz CT molecular complexity index is 1050. The summed E-state index contributed by atoms with van der Waals surface area (Å²) in [6.45, 7) is 3.68. The number of nitro benzene ring substituents is 1. The Balaban J connectivity index is 1.94. The van der Waals surface area contributed by atoms with Crippen LogP contribution in [0.3, 0.4) is 0 Å². The molecule has 30 heavy (non-hydrogen) atoms. The molecule has 1 aliphatic heterocycles. The lowest BCUT2D eigenvalue weighted by atomic mass is 9.72. The summed E-state index contributed by atoms with van der Waals surface area (Å²) in [7, 11) is -3.33. The van der Waals surface area contributed by atoms with E-state index in [0.29, 0.717) is 24.1 Å². The first-order valence-corrected chi connectivity index (χ1v) is 11.4. The number of hydrogen-bond donors (Lipinski definition) is 1. The summed E-state index contributed by atoms with van der Waals surface area (Å²) in [5.74, 6) is -0.268. The lowest BCUT2D eigenvalue weighted by Gasteiger charge is -2.40. The van der Waals surface area contributed by atoms with Gasteiger partial charge in [0, 0.05) is 19.2 Å². The van der Waals surface area contributed by atoms with Crippen molar-refractivity contribution in [2.45, 2.75) is 32.1 Å². The number of nitrogens with zero attached hydrogens (tertiary/aromatic N) is 2. The number of rotatable bonds is 6. The predicted octanol–water partition coefficient (Wildman–Crippen LogP) is 3.23. The summed E-state index contributed by atoms with van der Waals surface area (Å²) in [5, 5.41) is 14.1. The molecule has 2 aromatic carbocycles. The summed E-state index contributed by atoms with van der Waals surface area (Å²) in [5.41, 5.74) is 0.584. The van der Waals surface area contributed by atoms with Crippen LogP contribution < -0.4 is 5.32 Å². The zero-order valence-corrected chi connectivity index (χ0v) is 17.8. The monoisotopic (exact) mass is 431 g/mol. The first-order valence-electron chi connectivity index (χ1n) is 9.80. The van der Waals surface area contributed by atoms with Crippen LogP contribution in [0.25, 0.3) is 0 Å². The van der Waals surface area contributed by atoms with E-state index in [1.807, 2.05) is 30.3 Å². The largest absolute Gasteiger partial charge is 0.325 e. The topological polar surface area (TPSA) is 110 Å². The van der Waals surface area contributed by atoms with Crippen molar-refractivity contribution >= 4 is 27.3 Å². The molecule has 2 aromatic rings. The number of nitro groups is 1. The molecular formula is C21H25N3O5S. The molecule has 8 nitrogen and oxygen atoms in total. The van der Waals surface area contributed by atoms with Gasteiger partial charge in [0.15, 0.2) is 0 Å². The molecule has 0 atom stereocenters. The van der Waals surface area contributed by atoms with Crippen molar-refractivity contribution in [1.29, 1.82) is 0 Å². The highest BCUT2D eigenvalue weighted by atomic mass is 32.2. The third kappa shape index (κ3) is 4.08. The highest BCUT2D eigenvalue weighted by Crippen LogP contribution is 2.38. The molecule has 1 amide bonds. The second-order valence-electron chi connectivity index (χ2n) is 7.41. The molecule has 9 heteroatoms. The molecule has 0 aliphatic carbocycles. The van der Waals surface area contributed by atoms with Crippen LogP contribution in [-0.2, 0) is 20.2 Å². The molecular weight excluding hydrogens is 406 g/mol. The van der Waals surface area contributed by atoms with E-state index in [-0.39, 0.29) is 30.4 Å². The third-order valence-corrected chi connectivity index (χ3v) is 7.73. The predicted molar refractivity (Wildman–Crippen MR) is 115 cm³/mol. The van der Waals surface area contributed by atoms with Crippen LogP contribution in [0.2, 0.25) is 0 Å². The second kappa shape index (κ2) is 8.53. The van der Waals surface area contributed by atoms with Gasteiger partial charge in [-0.15, -0.1) is 0 Å². The fourth-order valence-electron chi connectivity index (χ4n) is 3.93. The van der Waals surface area contributed by atoms with Crippen LogP contribution in [0.1, 0.15) is 30.9 Å². The molecule has 1 fully saturated rings.